The minimum atomic E-state index is -2.41. The van der Waals surface area contributed by atoms with E-state index >= 15 is 0 Å². The van der Waals surface area contributed by atoms with Crippen LogP contribution in [0.4, 0.5) is 5.69 Å². The smallest absolute Gasteiger partial charge is 0.340 e. The Labute approximate surface area is 230 Å². The molecule has 4 N–H and O–H groups in total. The van der Waals surface area contributed by atoms with Gasteiger partial charge in [-0.2, -0.15) is 9.78 Å². The molecule has 3 rings (SSSR count). The number of hydrogen-bond donors (Lipinski definition) is 4. The van der Waals surface area contributed by atoms with Crippen LogP contribution in [-0.4, -0.2) is 62.3 Å². The fraction of sp³-hybridized carbons (Fsp3) is 0.208. The van der Waals surface area contributed by atoms with Crippen LogP contribution in [0.5, 0.6) is 17.2 Å². The first-order valence-corrected chi connectivity index (χ1v) is 11.6. The van der Waals surface area contributed by atoms with Gasteiger partial charge >= 0.3 is 11.9 Å². The van der Waals surface area contributed by atoms with Gasteiger partial charge in [0.25, 0.3) is 11.5 Å². The third kappa shape index (κ3) is 7.23. The number of aliphatic hydroxyl groups excluding tert-OH is 2. The average molecular weight is 582 g/mol. The Morgan fingerprint density at radius 1 is 1.03 bits per heavy atom. The molecule has 0 aliphatic rings. The Hall–Kier alpha value is -4.17. The van der Waals surface area contributed by atoms with Gasteiger partial charge in [0, 0.05) is 12.1 Å². The summed E-state index contributed by atoms with van der Waals surface area (Å²) < 4.78 is 16.5. The molecular formula is C24H21Cl2N3O10. The van der Waals surface area contributed by atoms with E-state index in [9.17, 15) is 29.4 Å². The number of carboxylic acids is 1. The number of hydrogen-bond acceptors (Lipinski definition) is 10. The molecule has 0 radical (unpaired) electrons. The van der Waals surface area contributed by atoms with Crippen molar-refractivity contribution in [2.24, 2.45) is 0 Å². The van der Waals surface area contributed by atoms with Gasteiger partial charge in [-0.1, -0.05) is 29.3 Å². The summed E-state index contributed by atoms with van der Waals surface area (Å²) in [7, 11) is 1.46. The molecule has 39 heavy (non-hydrogen) atoms. The number of aryl methyl sites for hydroxylation is 1. The van der Waals surface area contributed by atoms with Crippen LogP contribution in [0.2, 0.25) is 10.0 Å². The molecule has 0 aliphatic carbocycles. The van der Waals surface area contributed by atoms with Gasteiger partial charge in [0.15, 0.2) is 30.4 Å². The second kappa shape index (κ2) is 12.6. The molecule has 0 bridgehead atoms. The third-order valence-corrected chi connectivity index (χ3v) is 5.78. The molecule has 1 amide bonds. The van der Waals surface area contributed by atoms with Crippen molar-refractivity contribution in [3.63, 3.8) is 0 Å². The number of carbonyl (C=O) groups is 3. The van der Waals surface area contributed by atoms with Gasteiger partial charge in [-0.05, 0) is 30.7 Å². The van der Waals surface area contributed by atoms with Gasteiger partial charge in [-0.3, -0.25) is 9.59 Å². The molecule has 206 valence electrons. The topological polar surface area (TPSA) is 187 Å². The summed E-state index contributed by atoms with van der Waals surface area (Å²) in [6.45, 7) is 1.06. The predicted octanol–water partition coefficient (Wildman–Crippen LogP) is 2.22. The van der Waals surface area contributed by atoms with Crippen molar-refractivity contribution in [1.82, 2.24) is 9.78 Å². The molecule has 1 aromatic heterocycles. The van der Waals surface area contributed by atoms with Crippen molar-refractivity contribution in [2.45, 2.75) is 25.9 Å². The summed E-state index contributed by atoms with van der Waals surface area (Å²) in [5.74, 6) is -3.32. The zero-order valence-electron chi connectivity index (χ0n) is 20.3. The lowest BCUT2D eigenvalue weighted by Crippen LogP contribution is -2.41. The van der Waals surface area contributed by atoms with Crippen LogP contribution < -0.4 is 20.3 Å². The first-order chi connectivity index (χ1) is 18.4. The van der Waals surface area contributed by atoms with Gasteiger partial charge < -0.3 is 34.8 Å². The first kappa shape index (κ1) is 29.4. The van der Waals surface area contributed by atoms with E-state index in [0.29, 0.717) is 16.2 Å². The average Bonchev–Trinajstić information content (AvgIpc) is 2.89. The highest BCUT2D eigenvalue weighted by molar-refractivity contribution is 6.42. The zero-order chi connectivity index (χ0) is 28.9. The van der Waals surface area contributed by atoms with Gasteiger partial charge in [0.1, 0.15) is 5.75 Å². The predicted molar refractivity (Wildman–Crippen MR) is 136 cm³/mol. The molecule has 2 atom stereocenters. The molecule has 2 unspecified atom stereocenters. The van der Waals surface area contributed by atoms with Crippen molar-refractivity contribution < 1.29 is 43.9 Å². The lowest BCUT2D eigenvalue weighted by Gasteiger charge is -2.15. The van der Waals surface area contributed by atoms with E-state index in [4.69, 9.17) is 37.8 Å². The maximum Gasteiger partial charge on any atom is 0.340 e. The van der Waals surface area contributed by atoms with Crippen LogP contribution in [0.1, 0.15) is 15.9 Å². The van der Waals surface area contributed by atoms with E-state index in [-0.39, 0.29) is 27.0 Å². The van der Waals surface area contributed by atoms with Gasteiger partial charge in [-0.25, -0.2) is 9.59 Å². The molecule has 0 fully saturated rings. The van der Waals surface area contributed by atoms with E-state index in [2.05, 4.69) is 15.2 Å². The highest BCUT2D eigenvalue weighted by Crippen LogP contribution is 2.37. The summed E-state index contributed by atoms with van der Waals surface area (Å²) in [4.78, 5) is 47.8. The quantitative estimate of drug-likeness (QED) is 0.257. The van der Waals surface area contributed by atoms with Crippen molar-refractivity contribution >= 4 is 46.7 Å². The summed E-state index contributed by atoms with van der Waals surface area (Å²) in [5, 5.41) is 33.7. The monoisotopic (exact) mass is 581 g/mol. The molecule has 0 aliphatic heterocycles. The van der Waals surface area contributed by atoms with Crippen LogP contribution in [0.15, 0.2) is 47.4 Å². The number of aliphatic carboxylic acids is 1. The van der Waals surface area contributed by atoms with Crippen LogP contribution in [0, 0.1) is 6.92 Å². The number of esters is 1. The summed E-state index contributed by atoms with van der Waals surface area (Å²) >= 11 is 12.2. The maximum atomic E-state index is 13.1. The van der Waals surface area contributed by atoms with E-state index in [0.717, 1.165) is 17.8 Å². The van der Waals surface area contributed by atoms with Crippen molar-refractivity contribution in [3.05, 3.63) is 74.1 Å². The molecule has 13 nitrogen and oxygen atoms in total. The number of aliphatic hydroxyl groups is 2. The number of carboxylic acid groups (broad SMARTS) is 1. The lowest BCUT2D eigenvalue weighted by molar-refractivity contribution is -0.172. The summed E-state index contributed by atoms with van der Waals surface area (Å²) in [6.07, 6.45) is -3.72. The van der Waals surface area contributed by atoms with E-state index < -0.39 is 42.3 Å². The normalized spacial score (nSPS) is 12.3. The summed E-state index contributed by atoms with van der Waals surface area (Å²) in [6, 6.07) is 8.75. The second-order valence-electron chi connectivity index (χ2n) is 7.88. The van der Waals surface area contributed by atoms with Crippen LogP contribution in [-0.2, 0) is 21.1 Å². The molecule has 2 aromatic carbocycles. The Kier molecular flexibility index (Phi) is 9.48. The Morgan fingerprint density at radius 2 is 1.72 bits per heavy atom. The van der Waals surface area contributed by atoms with E-state index in [1.54, 1.807) is 18.2 Å². The molecule has 0 saturated heterocycles. The molecule has 0 spiro atoms. The van der Waals surface area contributed by atoms with Crippen LogP contribution >= 0.6 is 23.2 Å². The van der Waals surface area contributed by atoms with Gasteiger partial charge in [0.05, 0.1) is 34.6 Å². The molecule has 3 aromatic rings. The number of anilines is 1. The number of ether oxygens (including phenoxy) is 3. The molecule has 15 heteroatoms. The second-order valence-corrected chi connectivity index (χ2v) is 8.69. The fourth-order valence-corrected chi connectivity index (χ4v) is 3.36. The van der Waals surface area contributed by atoms with Gasteiger partial charge in [0.2, 0.25) is 0 Å². The van der Waals surface area contributed by atoms with Crippen LogP contribution in [0.3, 0.4) is 0 Å². The Bertz CT molecular complexity index is 1480. The molecule has 0 saturated carbocycles. The van der Waals surface area contributed by atoms with Crippen molar-refractivity contribution in [1.29, 1.82) is 0 Å². The number of benzene rings is 2. The molecule has 1 heterocycles. The summed E-state index contributed by atoms with van der Waals surface area (Å²) in [5.41, 5.74) is 0.0103. The SMILES string of the molecule is COc1cc(C)ccc1Oc1cc(Cl)c(Cl)cc1C(=O)Nc1cnn(COC(=O)C(O)C(O)C(=O)O)c(=O)c1. The number of nitrogens with one attached hydrogen (secondary N) is 1. The number of amides is 1. The third-order valence-electron chi connectivity index (χ3n) is 5.06. The van der Waals surface area contributed by atoms with Crippen molar-refractivity contribution in [3.8, 4) is 17.2 Å². The number of aromatic nitrogens is 2. The standard InChI is InChI=1S/C24H21Cl2N3O10/c1-11-3-4-16(18(5-11)37-2)39-17-8-15(26)14(25)7-13(17)22(33)28-12-6-19(30)29(27-9-12)10-38-24(36)21(32)20(31)23(34)35/h3-9,20-21,31-32H,10H2,1-2H3,(H,28,33)(H,34,35). The number of halogens is 2. The number of nitrogens with zero attached hydrogens (tertiary/aromatic N) is 2. The highest BCUT2D eigenvalue weighted by atomic mass is 35.5. The number of rotatable bonds is 10. The van der Waals surface area contributed by atoms with E-state index in [1.807, 2.05) is 6.92 Å². The van der Waals surface area contributed by atoms with Crippen molar-refractivity contribution in [2.75, 3.05) is 12.4 Å². The van der Waals surface area contributed by atoms with E-state index in [1.165, 1.54) is 19.2 Å². The minimum absolute atomic E-state index is 0.0314. The van der Waals surface area contributed by atoms with Gasteiger partial charge in [-0.15, -0.1) is 0 Å². The molecular weight excluding hydrogens is 561 g/mol. The zero-order valence-corrected chi connectivity index (χ0v) is 21.8. The largest absolute Gasteiger partial charge is 0.493 e. The Balaban J connectivity index is 1.78. The highest BCUT2D eigenvalue weighted by Gasteiger charge is 2.31. The minimum Gasteiger partial charge on any atom is -0.493 e. The maximum absolute atomic E-state index is 13.1. The number of methoxy groups -OCH3 is 1. The Morgan fingerprint density at radius 3 is 2.36 bits per heavy atom. The number of carbonyl (C=O) groups excluding carboxylic acids is 2. The van der Waals surface area contributed by atoms with Crippen LogP contribution in [0.25, 0.3) is 0 Å². The lowest BCUT2D eigenvalue weighted by atomic mass is 10.1. The first-order valence-electron chi connectivity index (χ1n) is 10.9. The fourth-order valence-electron chi connectivity index (χ4n) is 3.04.